The van der Waals surface area contributed by atoms with Gasteiger partial charge in [-0.2, -0.15) is 18.4 Å². The first-order valence-electron chi connectivity index (χ1n) is 12.7. The monoisotopic (exact) mass is 624 g/mol. The van der Waals surface area contributed by atoms with Gasteiger partial charge in [-0.15, -0.1) is 0 Å². The third kappa shape index (κ3) is 5.42. The number of allylic oxidation sites excluding steroid dienone is 1. The molecule has 224 valence electrons. The second-order valence-electron chi connectivity index (χ2n) is 9.66. The number of carbonyl (C=O) groups is 3. The molecule has 0 bridgehead atoms. The molecule has 1 aliphatic carbocycles. The minimum Gasteiger partial charge on any atom is -0.410 e. The van der Waals surface area contributed by atoms with E-state index in [9.17, 15) is 47.1 Å². The summed E-state index contributed by atoms with van der Waals surface area (Å²) in [6.07, 6.45) is -5.01. The van der Waals surface area contributed by atoms with Crippen molar-refractivity contribution in [1.29, 1.82) is 5.26 Å². The Bertz CT molecular complexity index is 1830. The third-order valence-corrected chi connectivity index (χ3v) is 8.00. The summed E-state index contributed by atoms with van der Waals surface area (Å²) >= 11 is 0. The van der Waals surface area contributed by atoms with Gasteiger partial charge in [-0.1, -0.05) is 12.1 Å². The number of alkyl halides is 3. The van der Waals surface area contributed by atoms with Crippen molar-refractivity contribution in [1.82, 2.24) is 4.90 Å². The number of nitro benzene ring substituents is 1. The van der Waals surface area contributed by atoms with Crippen LogP contribution in [0.4, 0.5) is 34.1 Å². The molecule has 44 heavy (non-hydrogen) atoms. The molecule has 1 unspecified atom stereocenters. The van der Waals surface area contributed by atoms with Crippen LogP contribution in [-0.2, 0) is 21.8 Å². The topological polar surface area (TPSA) is 151 Å². The van der Waals surface area contributed by atoms with Gasteiger partial charge in [0.1, 0.15) is 11.8 Å². The van der Waals surface area contributed by atoms with Crippen molar-refractivity contribution >= 4 is 40.1 Å². The van der Waals surface area contributed by atoms with Crippen molar-refractivity contribution in [2.45, 2.75) is 30.0 Å². The maximum Gasteiger partial charge on any atom is 0.424 e. The highest BCUT2D eigenvalue weighted by molar-refractivity contribution is 7.84. The number of benzene rings is 3. The van der Waals surface area contributed by atoms with Crippen LogP contribution >= 0.6 is 0 Å². The Kier molecular flexibility index (Phi) is 7.79. The molecule has 0 radical (unpaired) electrons. The highest BCUT2D eigenvalue weighted by Gasteiger charge is 2.50. The van der Waals surface area contributed by atoms with Crippen LogP contribution in [0, 0.1) is 21.4 Å². The molecule has 3 aromatic rings. The summed E-state index contributed by atoms with van der Waals surface area (Å²) in [4.78, 5) is 53.1. The summed E-state index contributed by atoms with van der Waals surface area (Å²) in [5.41, 5.74) is -1.53. The summed E-state index contributed by atoms with van der Waals surface area (Å²) < 4.78 is 59.0. The summed E-state index contributed by atoms with van der Waals surface area (Å²) in [6, 6.07) is 11.3. The number of anilines is 1. The van der Waals surface area contributed by atoms with Crippen molar-refractivity contribution in [3.63, 3.8) is 0 Å². The van der Waals surface area contributed by atoms with Gasteiger partial charge in [-0.25, -0.2) is 14.5 Å². The van der Waals surface area contributed by atoms with Gasteiger partial charge in [0, 0.05) is 41.0 Å². The predicted molar refractivity (Wildman–Crippen MR) is 148 cm³/mol. The number of nitro groups is 1. The van der Waals surface area contributed by atoms with Gasteiger partial charge >= 0.3 is 18.3 Å². The number of nitrogens with zero attached hydrogens (tertiary/aromatic N) is 4. The summed E-state index contributed by atoms with van der Waals surface area (Å²) in [5.74, 6) is -0.728. The molecule has 5 rings (SSSR count). The predicted octanol–water partition coefficient (Wildman–Crippen LogP) is 6.02. The first-order valence-corrected chi connectivity index (χ1v) is 14.3. The lowest BCUT2D eigenvalue weighted by Crippen LogP contribution is -2.53. The molecule has 1 heterocycles. The van der Waals surface area contributed by atoms with Gasteiger partial charge in [0.25, 0.3) is 5.69 Å². The van der Waals surface area contributed by atoms with Crippen molar-refractivity contribution in [2.75, 3.05) is 11.2 Å². The fourth-order valence-electron chi connectivity index (χ4n) is 5.10. The molecule has 0 fully saturated rings. The number of Topliss-reactive ketones (excluding diaryl/α,β-unsaturated/α-hetero) is 1. The lowest BCUT2D eigenvalue weighted by Gasteiger charge is -2.40. The number of nitriles is 1. The summed E-state index contributed by atoms with van der Waals surface area (Å²) in [7, 11) is -1.79. The Morgan fingerprint density at radius 3 is 2.41 bits per heavy atom. The van der Waals surface area contributed by atoms with Crippen LogP contribution < -0.4 is 9.64 Å². The zero-order valence-electron chi connectivity index (χ0n) is 22.5. The van der Waals surface area contributed by atoms with Gasteiger partial charge in [-0.3, -0.25) is 24.0 Å². The van der Waals surface area contributed by atoms with Crippen molar-refractivity contribution in [2.24, 2.45) is 0 Å². The Hall–Kier alpha value is -5.36. The van der Waals surface area contributed by atoms with E-state index < -0.39 is 51.4 Å². The van der Waals surface area contributed by atoms with Gasteiger partial charge in [-0.05, 0) is 54.4 Å². The fraction of sp³-hybridized carbons (Fsp3) is 0.172. The number of hydrogen-bond donors (Lipinski definition) is 0. The first kappa shape index (κ1) is 30.1. The van der Waals surface area contributed by atoms with E-state index in [2.05, 4.69) is 0 Å². The van der Waals surface area contributed by atoms with E-state index in [1.807, 2.05) is 6.07 Å². The molecule has 0 aromatic heterocycles. The number of urea groups is 1. The number of imide groups is 1. The van der Waals surface area contributed by atoms with Crippen LogP contribution in [-0.4, -0.2) is 38.2 Å². The Labute approximate surface area is 249 Å². The molecule has 0 spiro atoms. The number of ether oxygens (including phenoxy) is 1. The number of non-ortho nitro benzene ring substituents is 1. The lowest BCUT2D eigenvalue weighted by molar-refractivity contribution is -0.384. The molecular formula is C29H19F3N4O7S. The van der Waals surface area contributed by atoms with Gasteiger partial charge in [0.2, 0.25) is 0 Å². The molecule has 2 aliphatic rings. The number of hydrogen-bond acceptors (Lipinski definition) is 8. The van der Waals surface area contributed by atoms with Gasteiger partial charge < -0.3 is 4.74 Å². The minimum absolute atomic E-state index is 0.0362. The fourth-order valence-corrected chi connectivity index (χ4v) is 5.90. The Balaban J connectivity index is 1.72. The quantitative estimate of drug-likeness (QED) is 0.247. The van der Waals surface area contributed by atoms with Crippen LogP contribution in [0.2, 0.25) is 0 Å². The van der Waals surface area contributed by atoms with Crippen molar-refractivity contribution in [3.8, 4) is 11.8 Å². The maximum atomic E-state index is 14.2. The van der Waals surface area contributed by atoms with Crippen LogP contribution in [0.15, 0.2) is 82.9 Å². The highest BCUT2D eigenvalue weighted by Crippen LogP contribution is 2.47. The van der Waals surface area contributed by atoms with E-state index in [1.54, 1.807) is 0 Å². The lowest BCUT2D eigenvalue weighted by atomic mass is 9.92. The van der Waals surface area contributed by atoms with Crippen molar-refractivity contribution in [3.05, 3.63) is 105 Å². The largest absolute Gasteiger partial charge is 0.424 e. The molecule has 0 saturated heterocycles. The van der Waals surface area contributed by atoms with Crippen LogP contribution in [0.3, 0.4) is 0 Å². The smallest absolute Gasteiger partial charge is 0.410 e. The first-order chi connectivity index (χ1) is 20.8. The Morgan fingerprint density at radius 1 is 1.09 bits per heavy atom. The minimum atomic E-state index is -4.77. The number of carbonyl (C=O) groups excluding carboxylic acids is 3. The number of ketones is 1. The standard InChI is InChI=1S/C29H19F3N4O7S/c1-44(42)24-13-16(15-33)5-10-21(24)26-25-22(11-12-23(25)37)34(19-4-2-3-17(14-19)29(30,31)32)27(38)35(26)28(39)43-20-8-6-18(7-9-20)36(40)41/h2-10,13-14,26H,11-12H2,1H3/t26-,44?/m1/s1. The van der Waals surface area contributed by atoms with Gasteiger partial charge in [0.05, 0.1) is 38.6 Å². The zero-order chi connectivity index (χ0) is 31.9. The molecule has 11 nitrogen and oxygen atoms in total. The molecular weight excluding hydrogens is 605 g/mol. The van der Waals surface area contributed by atoms with Gasteiger partial charge in [0.15, 0.2) is 5.78 Å². The maximum absolute atomic E-state index is 14.2. The normalized spacial score (nSPS) is 17.3. The van der Waals surface area contributed by atoms with E-state index in [1.165, 1.54) is 30.5 Å². The number of halogens is 3. The molecule has 0 saturated carbocycles. The van der Waals surface area contributed by atoms with E-state index in [4.69, 9.17) is 4.74 Å². The molecule has 3 amide bonds. The highest BCUT2D eigenvalue weighted by atomic mass is 32.2. The molecule has 3 aromatic carbocycles. The van der Waals surface area contributed by atoms with Crippen molar-refractivity contribution < 1.29 is 41.4 Å². The second-order valence-corrected chi connectivity index (χ2v) is 11.0. The Morgan fingerprint density at radius 2 is 1.80 bits per heavy atom. The van der Waals surface area contributed by atoms with Crippen LogP contribution in [0.5, 0.6) is 5.75 Å². The zero-order valence-corrected chi connectivity index (χ0v) is 23.3. The average Bonchev–Trinajstić information content (AvgIpc) is 3.36. The number of rotatable bonds is 5. The van der Waals surface area contributed by atoms with E-state index in [0.29, 0.717) is 11.0 Å². The van der Waals surface area contributed by atoms with E-state index >= 15 is 0 Å². The summed E-state index contributed by atoms with van der Waals surface area (Å²) in [5, 5.41) is 20.4. The SMILES string of the molecule is CS(=O)c1cc(C#N)ccc1[C@@H]1C2=C(CCC2=O)N(c2cccc(C(F)(F)F)c2)C(=O)N1C(=O)Oc1ccc([N+](=O)[O-])cc1. The van der Waals surface area contributed by atoms with Crippen LogP contribution in [0.1, 0.15) is 35.6 Å². The molecule has 0 N–H and O–H groups in total. The second kappa shape index (κ2) is 11.4. The van der Waals surface area contributed by atoms with Crippen LogP contribution in [0.25, 0.3) is 0 Å². The molecule has 2 atom stereocenters. The van der Waals surface area contributed by atoms with E-state index in [0.717, 1.165) is 41.3 Å². The van der Waals surface area contributed by atoms with E-state index in [-0.39, 0.29) is 57.3 Å². The number of amides is 3. The molecule has 1 aliphatic heterocycles. The third-order valence-electron chi connectivity index (χ3n) is 7.03. The molecule has 15 heteroatoms. The summed E-state index contributed by atoms with van der Waals surface area (Å²) in [6.45, 7) is 0. The average molecular weight is 625 g/mol.